The molecule has 0 aliphatic carbocycles. The minimum atomic E-state index is -4.42. The minimum Gasteiger partial charge on any atom is -0.373 e. The van der Waals surface area contributed by atoms with Crippen molar-refractivity contribution in [3.63, 3.8) is 0 Å². The molecule has 1 N–H and O–H groups in total. The van der Waals surface area contributed by atoms with Crippen molar-refractivity contribution in [3.05, 3.63) is 46.5 Å². The second-order valence-corrected chi connectivity index (χ2v) is 7.48. The van der Waals surface area contributed by atoms with E-state index in [9.17, 15) is 18.0 Å². The molecule has 0 spiro atoms. The van der Waals surface area contributed by atoms with Crippen molar-refractivity contribution in [1.29, 1.82) is 0 Å². The second-order valence-electron chi connectivity index (χ2n) is 6.62. The zero-order valence-corrected chi connectivity index (χ0v) is 15.7. The lowest BCUT2D eigenvalue weighted by Crippen LogP contribution is -2.44. The Hall–Kier alpha value is -1.97. The number of thiazole rings is 1. The Morgan fingerprint density at radius 1 is 1.26 bits per heavy atom. The summed E-state index contributed by atoms with van der Waals surface area (Å²) in [5.41, 5.74) is 0.198. The first-order valence-corrected chi connectivity index (χ1v) is 9.39. The molecule has 1 aromatic heterocycles. The highest BCUT2D eigenvalue weighted by atomic mass is 32.1. The SMILES string of the molecule is C[C@@H]1CN(Cc2csc(NC(=O)c3ccc(C(F)(F)F)cc3)n2)C[C@@H](C)O1. The molecule has 1 aromatic carbocycles. The predicted molar refractivity (Wildman–Crippen MR) is 96.8 cm³/mol. The average molecular weight is 399 g/mol. The third kappa shape index (κ3) is 5.27. The van der Waals surface area contributed by atoms with Crippen LogP contribution in [-0.4, -0.2) is 41.1 Å². The van der Waals surface area contributed by atoms with Crippen LogP contribution < -0.4 is 5.32 Å². The van der Waals surface area contributed by atoms with E-state index in [2.05, 4.69) is 15.2 Å². The smallest absolute Gasteiger partial charge is 0.373 e. The quantitative estimate of drug-likeness (QED) is 0.844. The lowest BCUT2D eigenvalue weighted by molar-refractivity contribution is -0.137. The van der Waals surface area contributed by atoms with Crippen molar-refractivity contribution >= 4 is 22.4 Å². The maximum absolute atomic E-state index is 12.6. The van der Waals surface area contributed by atoms with E-state index in [0.717, 1.165) is 43.0 Å². The number of hydrogen-bond acceptors (Lipinski definition) is 5. The van der Waals surface area contributed by atoms with Gasteiger partial charge in [0, 0.05) is 30.6 Å². The molecule has 0 radical (unpaired) electrons. The number of ether oxygens (including phenoxy) is 1. The Labute approximate surface area is 159 Å². The number of aromatic nitrogens is 1. The number of anilines is 1. The monoisotopic (exact) mass is 399 g/mol. The highest BCUT2D eigenvalue weighted by Crippen LogP contribution is 2.29. The van der Waals surface area contributed by atoms with Gasteiger partial charge in [-0.3, -0.25) is 15.0 Å². The number of halogens is 3. The number of alkyl halides is 3. The first-order chi connectivity index (χ1) is 12.7. The number of hydrogen-bond donors (Lipinski definition) is 1. The van der Waals surface area contributed by atoms with Crippen LogP contribution in [-0.2, 0) is 17.5 Å². The van der Waals surface area contributed by atoms with Gasteiger partial charge >= 0.3 is 6.18 Å². The van der Waals surface area contributed by atoms with Gasteiger partial charge in [-0.05, 0) is 38.1 Å². The van der Waals surface area contributed by atoms with E-state index in [-0.39, 0.29) is 17.8 Å². The summed E-state index contributed by atoms with van der Waals surface area (Å²) >= 11 is 1.29. The fourth-order valence-electron chi connectivity index (χ4n) is 3.06. The third-order valence-corrected chi connectivity index (χ3v) is 4.93. The van der Waals surface area contributed by atoms with Gasteiger partial charge in [0.2, 0.25) is 0 Å². The van der Waals surface area contributed by atoms with Gasteiger partial charge in [-0.15, -0.1) is 11.3 Å². The summed E-state index contributed by atoms with van der Waals surface area (Å²) in [5.74, 6) is -0.488. The van der Waals surface area contributed by atoms with Crippen LogP contribution in [0.3, 0.4) is 0 Å². The summed E-state index contributed by atoms with van der Waals surface area (Å²) < 4.78 is 43.5. The molecule has 1 aliphatic rings. The molecule has 0 saturated carbocycles. The minimum absolute atomic E-state index is 0.149. The van der Waals surface area contributed by atoms with Crippen molar-refractivity contribution < 1.29 is 22.7 Å². The van der Waals surface area contributed by atoms with Crippen molar-refractivity contribution in [2.24, 2.45) is 0 Å². The Bertz CT molecular complexity index is 782. The van der Waals surface area contributed by atoms with Gasteiger partial charge < -0.3 is 4.74 Å². The average Bonchev–Trinajstić information content (AvgIpc) is 3.00. The topological polar surface area (TPSA) is 54.5 Å². The van der Waals surface area contributed by atoms with Crippen molar-refractivity contribution in [2.45, 2.75) is 38.8 Å². The molecule has 0 unspecified atom stereocenters. The number of morpholine rings is 1. The zero-order valence-electron chi connectivity index (χ0n) is 14.9. The molecule has 1 saturated heterocycles. The predicted octanol–water partition coefficient (Wildman–Crippen LogP) is 4.02. The van der Waals surface area contributed by atoms with Crippen LogP contribution in [0.2, 0.25) is 0 Å². The van der Waals surface area contributed by atoms with Crippen molar-refractivity contribution in [3.8, 4) is 0 Å². The molecule has 1 amide bonds. The molecule has 27 heavy (non-hydrogen) atoms. The van der Waals surface area contributed by atoms with Gasteiger partial charge in [-0.25, -0.2) is 4.98 Å². The number of benzene rings is 1. The number of nitrogens with one attached hydrogen (secondary N) is 1. The molecule has 1 aliphatic heterocycles. The van der Waals surface area contributed by atoms with Gasteiger partial charge in [0.25, 0.3) is 5.91 Å². The second kappa shape index (κ2) is 7.95. The lowest BCUT2D eigenvalue weighted by atomic mass is 10.1. The molecular formula is C18H20F3N3O2S. The number of amides is 1. The molecule has 3 rings (SSSR count). The molecule has 0 bridgehead atoms. The van der Waals surface area contributed by atoms with Crippen molar-refractivity contribution in [2.75, 3.05) is 18.4 Å². The largest absolute Gasteiger partial charge is 0.416 e. The van der Waals surface area contributed by atoms with Crippen LogP contribution in [0.15, 0.2) is 29.6 Å². The molecule has 1 fully saturated rings. The highest BCUT2D eigenvalue weighted by Gasteiger charge is 2.30. The molecule has 5 nitrogen and oxygen atoms in total. The van der Waals surface area contributed by atoms with Crippen LogP contribution in [0, 0.1) is 0 Å². The van der Waals surface area contributed by atoms with Gasteiger partial charge in [-0.1, -0.05) is 0 Å². The Morgan fingerprint density at radius 3 is 2.48 bits per heavy atom. The number of rotatable bonds is 4. The summed E-state index contributed by atoms with van der Waals surface area (Å²) in [7, 11) is 0. The van der Waals surface area contributed by atoms with E-state index >= 15 is 0 Å². The Balaban J connectivity index is 1.59. The van der Waals surface area contributed by atoms with Gasteiger partial charge in [-0.2, -0.15) is 13.2 Å². The van der Waals surface area contributed by atoms with E-state index < -0.39 is 17.6 Å². The van der Waals surface area contributed by atoms with Crippen molar-refractivity contribution in [1.82, 2.24) is 9.88 Å². The summed E-state index contributed by atoms with van der Waals surface area (Å²) in [4.78, 5) is 18.9. The van der Waals surface area contributed by atoms with Gasteiger partial charge in [0.15, 0.2) is 5.13 Å². The van der Waals surface area contributed by atoms with Gasteiger partial charge in [0.05, 0.1) is 23.5 Å². The Kier molecular flexibility index (Phi) is 5.83. The maximum Gasteiger partial charge on any atom is 0.416 e. The van der Waals surface area contributed by atoms with Crippen LogP contribution in [0.4, 0.5) is 18.3 Å². The molecule has 146 valence electrons. The lowest BCUT2D eigenvalue weighted by Gasteiger charge is -2.34. The van der Waals surface area contributed by atoms with Crippen LogP contribution in [0.5, 0.6) is 0 Å². The summed E-state index contributed by atoms with van der Waals surface area (Å²) in [5, 5.41) is 4.92. The van der Waals surface area contributed by atoms with E-state index in [1.54, 1.807) is 0 Å². The summed E-state index contributed by atoms with van der Waals surface area (Å²) in [6.07, 6.45) is -4.11. The molecule has 2 aromatic rings. The van der Waals surface area contributed by atoms with Crippen LogP contribution >= 0.6 is 11.3 Å². The number of carbonyl (C=O) groups excluding carboxylic acids is 1. The van der Waals surface area contributed by atoms with E-state index in [1.807, 2.05) is 19.2 Å². The summed E-state index contributed by atoms with van der Waals surface area (Å²) in [6.45, 7) is 6.34. The first kappa shape index (κ1) is 19.8. The molecule has 2 atom stereocenters. The highest BCUT2D eigenvalue weighted by molar-refractivity contribution is 7.13. The molecule has 2 heterocycles. The van der Waals surface area contributed by atoms with E-state index in [0.29, 0.717) is 11.7 Å². The fourth-order valence-corrected chi connectivity index (χ4v) is 3.76. The number of nitrogens with zero attached hydrogens (tertiary/aromatic N) is 2. The first-order valence-electron chi connectivity index (χ1n) is 8.51. The van der Waals surface area contributed by atoms with Crippen LogP contribution in [0.1, 0.15) is 35.5 Å². The normalized spacial score (nSPS) is 21.2. The van der Waals surface area contributed by atoms with E-state index in [4.69, 9.17) is 4.74 Å². The Morgan fingerprint density at radius 2 is 1.89 bits per heavy atom. The zero-order chi connectivity index (χ0) is 19.6. The molecule has 9 heteroatoms. The van der Waals surface area contributed by atoms with E-state index in [1.165, 1.54) is 11.3 Å². The standard InChI is InChI=1S/C18H20F3N3O2S/c1-11-7-24(8-12(2)26-11)9-15-10-27-17(22-15)23-16(25)13-3-5-14(6-4-13)18(19,20)21/h3-6,10-12H,7-9H2,1-2H3,(H,22,23,25)/t11-,12-/m1/s1. The fraction of sp³-hybridized carbons (Fsp3) is 0.444. The number of carbonyl (C=O) groups is 1. The third-order valence-electron chi connectivity index (χ3n) is 4.13. The van der Waals surface area contributed by atoms with Gasteiger partial charge in [0.1, 0.15) is 0 Å². The molecular weight excluding hydrogens is 379 g/mol. The van der Waals surface area contributed by atoms with Crippen LogP contribution in [0.25, 0.3) is 0 Å². The summed E-state index contributed by atoms with van der Waals surface area (Å²) in [6, 6.07) is 4.10. The maximum atomic E-state index is 12.6.